The summed E-state index contributed by atoms with van der Waals surface area (Å²) in [7, 11) is 4.15. The summed E-state index contributed by atoms with van der Waals surface area (Å²) in [5.41, 5.74) is 5.52. The van der Waals surface area contributed by atoms with E-state index in [1.54, 1.807) is 0 Å². The van der Waals surface area contributed by atoms with Crippen LogP contribution in [0.15, 0.2) is 64.2 Å². The Morgan fingerprint density at radius 3 is 2.58 bits per heavy atom. The van der Waals surface area contributed by atoms with Crippen LogP contribution in [0.5, 0.6) is 0 Å². The van der Waals surface area contributed by atoms with Gasteiger partial charge in [0.1, 0.15) is 11.9 Å². The molecule has 0 fully saturated rings. The first-order valence-electron chi connectivity index (χ1n) is 8.70. The van der Waals surface area contributed by atoms with E-state index in [4.69, 9.17) is 9.98 Å². The van der Waals surface area contributed by atoms with Crippen LogP contribution in [0.2, 0.25) is 0 Å². The Morgan fingerprint density at radius 2 is 1.85 bits per heavy atom. The van der Waals surface area contributed by atoms with Crippen molar-refractivity contribution < 1.29 is 0 Å². The molecule has 0 saturated heterocycles. The molecule has 0 radical (unpaired) electrons. The lowest BCUT2D eigenvalue weighted by atomic mass is 10.0. The summed E-state index contributed by atoms with van der Waals surface area (Å²) in [6, 6.07) is 16.7. The zero-order chi connectivity index (χ0) is 18.3. The van der Waals surface area contributed by atoms with Crippen molar-refractivity contribution in [1.82, 2.24) is 14.5 Å². The van der Waals surface area contributed by atoms with Gasteiger partial charge in [0.05, 0.1) is 23.3 Å². The molecule has 0 saturated carbocycles. The number of imidazole rings is 1. The zero-order valence-electron chi connectivity index (χ0n) is 15.1. The lowest BCUT2D eigenvalue weighted by Crippen LogP contribution is -2.16. The number of nitrogens with zero attached hydrogens (tertiary/aromatic N) is 4. The molecule has 1 aromatic heterocycles. The van der Waals surface area contributed by atoms with Gasteiger partial charge in [0.25, 0.3) is 0 Å². The fourth-order valence-corrected chi connectivity index (χ4v) is 4.02. The molecule has 0 amide bonds. The highest BCUT2D eigenvalue weighted by molar-refractivity contribution is 9.10. The molecule has 1 atom stereocenters. The van der Waals surface area contributed by atoms with E-state index in [2.05, 4.69) is 88.9 Å². The average molecular weight is 409 g/mol. The summed E-state index contributed by atoms with van der Waals surface area (Å²) in [5, 5.41) is 0. The second-order valence-corrected chi connectivity index (χ2v) is 7.69. The van der Waals surface area contributed by atoms with E-state index in [1.165, 1.54) is 5.69 Å². The quantitative estimate of drug-likeness (QED) is 0.633. The smallest absolute Gasteiger partial charge is 0.138 e. The summed E-state index contributed by atoms with van der Waals surface area (Å²) in [4.78, 5) is 12.0. The number of rotatable bonds is 3. The Kier molecular flexibility index (Phi) is 4.51. The Labute approximate surface area is 162 Å². The number of aromatic nitrogens is 2. The number of hydrogen-bond donors (Lipinski definition) is 0. The number of halogens is 1. The predicted octanol–water partition coefficient (Wildman–Crippen LogP) is 4.61. The van der Waals surface area contributed by atoms with Crippen LogP contribution in [0.3, 0.4) is 0 Å². The Balaban J connectivity index is 2.01. The van der Waals surface area contributed by atoms with Crippen LogP contribution in [-0.4, -0.2) is 34.3 Å². The number of hydrogen-bond acceptors (Lipinski definition) is 3. The standard InChI is InChI=1S/C21H21BrN4/c1-14-21-23-12-16(13-25(2)3)26(21)18-11-7-10-17(22)19(18)20(24-14)15-8-5-4-6-9-15/h4-12,14H,13H2,1-3H3. The topological polar surface area (TPSA) is 33.4 Å². The molecule has 5 heteroatoms. The molecule has 132 valence electrons. The van der Waals surface area contributed by atoms with Crippen molar-refractivity contribution in [2.24, 2.45) is 4.99 Å². The van der Waals surface area contributed by atoms with Gasteiger partial charge in [-0.2, -0.15) is 0 Å². The van der Waals surface area contributed by atoms with Crippen LogP contribution < -0.4 is 0 Å². The third kappa shape index (κ3) is 2.91. The first-order valence-corrected chi connectivity index (χ1v) is 9.49. The second-order valence-electron chi connectivity index (χ2n) is 6.83. The maximum Gasteiger partial charge on any atom is 0.138 e. The van der Waals surface area contributed by atoms with Crippen LogP contribution in [-0.2, 0) is 6.54 Å². The lowest BCUT2D eigenvalue weighted by molar-refractivity contribution is 0.393. The molecular weight excluding hydrogens is 388 g/mol. The minimum atomic E-state index is -0.0274. The van der Waals surface area contributed by atoms with Crippen LogP contribution in [0, 0.1) is 0 Å². The SMILES string of the molecule is CC1N=C(c2ccccc2)c2c(Br)cccc2-n2c(CN(C)C)cnc21. The van der Waals surface area contributed by atoms with Crippen molar-refractivity contribution >= 4 is 21.6 Å². The lowest BCUT2D eigenvalue weighted by Gasteiger charge is -2.17. The normalized spacial score (nSPS) is 16.0. The number of aliphatic imine (C=N–C) groups is 1. The fourth-order valence-electron chi connectivity index (χ4n) is 3.48. The van der Waals surface area contributed by atoms with Crippen LogP contribution in [0.4, 0.5) is 0 Å². The molecular formula is C21H21BrN4. The van der Waals surface area contributed by atoms with E-state index in [0.717, 1.165) is 39.4 Å². The molecule has 1 unspecified atom stereocenters. The van der Waals surface area contributed by atoms with E-state index < -0.39 is 0 Å². The van der Waals surface area contributed by atoms with Crippen LogP contribution in [0.1, 0.15) is 35.6 Å². The van der Waals surface area contributed by atoms with Gasteiger partial charge in [-0.3, -0.25) is 9.56 Å². The van der Waals surface area contributed by atoms with E-state index in [-0.39, 0.29) is 6.04 Å². The predicted molar refractivity (Wildman–Crippen MR) is 109 cm³/mol. The maximum atomic E-state index is 5.07. The van der Waals surface area contributed by atoms with E-state index >= 15 is 0 Å². The summed E-state index contributed by atoms with van der Waals surface area (Å²) in [5.74, 6) is 0.979. The number of fused-ring (bicyclic) bond motifs is 3. The van der Waals surface area contributed by atoms with Gasteiger partial charge in [-0.05, 0) is 33.2 Å². The zero-order valence-corrected chi connectivity index (χ0v) is 16.7. The Bertz CT molecular complexity index is 973. The van der Waals surface area contributed by atoms with Crippen molar-refractivity contribution in [1.29, 1.82) is 0 Å². The molecule has 0 spiro atoms. The van der Waals surface area contributed by atoms with Crippen molar-refractivity contribution in [2.45, 2.75) is 19.5 Å². The molecule has 0 aliphatic carbocycles. The van der Waals surface area contributed by atoms with Crippen molar-refractivity contribution in [2.75, 3.05) is 14.1 Å². The molecule has 26 heavy (non-hydrogen) atoms. The summed E-state index contributed by atoms with van der Waals surface area (Å²) < 4.78 is 3.31. The highest BCUT2D eigenvalue weighted by Gasteiger charge is 2.27. The first-order chi connectivity index (χ1) is 12.6. The molecule has 4 rings (SSSR count). The van der Waals surface area contributed by atoms with Crippen molar-refractivity contribution in [3.05, 3.63) is 81.8 Å². The minimum Gasteiger partial charge on any atom is -0.304 e. The molecule has 1 aliphatic heterocycles. The van der Waals surface area contributed by atoms with Crippen LogP contribution >= 0.6 is 15.9 Å². The number of benzene rings is 2. The minimum absolute atomic E-state index is 0.0274. The fraction of sp³-hybridized carbons (Fsp3) is 0.238. The van der Waals surface area contributed by atoms with Gasteiger partial charge in [0.15, 0.2) is 0 Å². The third-order valence-corrected chi connectivity index (χ3v) is 5.21. The molecule has 2 aromatic carbocycles. The van der Waals surface area contributed by atoms with Gasteiger partial charge in [0, 0.05) is 22.1 Å². The molecule has 0 N–H and O–H groups in total. The molecule has 0 bridgehead atoms. The van der Waals surface area contributed by atoms with Crippen LogP contribution in [0.25, 0.3) is 5.69 Å². The van der Waals surface area contributed by atoms with Gasteiger partial charge in [-0.15, -0.1) is 0 Å². The van der Waals surface area contributed by atoms with Gasteiger partial charge in [0.2, 0.25) is 0 Å². The first kappa shape index (κ1) is 17.2. The van der Waals surface area contributed by atoms with Gasteiger partial charge < -0.3 is 4.90 Å². The largest absolute Gasteiger partial charge is 0.304 e. The molecule has 2 heterocycles. The van der Waals surface area contributed by atoms with E-state index in [1.807, 2.05) is 12.3 Å². The summed E-state index contributed by atoms with van der Waals surface area (Å²) >= 11 is 3.76. The average Bonchev–Trinajstić information content (AvgIpc) is 2.97. The van der Waals surface area contributed by atoms with Gasteiger partial charge in [-0.1, -0.05) is 52.3 Å². The second kappa shape index (κ2) is 6.82. The summed E-state index contributed by atoms with van der Waals surface area (Å²) in [6.07, 6.45) is 1.97. The van der Waals surface area contributed by atoms with Gasteiger partial charge >= 0.3 is 0 Å². The third-order valence-electron chi connectivity index (χ3n) is 4.55. The maximum absolute atomic E-state index is 5.07. The highest BCUT2D eigenvalue weighted by atomic mass is 79.9. The molecule has 3 aromatic rings. The van der Waals surface area contributed by atoms with E-state index in [0.29, 0.717) is 0 Å². The Hall–Kier alpha value is -2.24. The summed E-state index contributed by atoms with van der Waals surface area (Å²) in [6.45, 7) is 2.94. The van der Waals surface area contributed by atoms with E-state index in [9.17, 15) is 0 Å². The van der Waals surface area contributed by atoms with Gasteiger partial charge in [-0.25, -0.2) is 4.98 Å². The molecule has 1 aliphatic rings. The monoisotopic (exact) mass is 408 g/mol. The molecule has 4 nitrogen and oxygen atoms in total. The highest BCUT2D eigenvalue weighted by Crippen LogP contribution is 2.35. The van der Waals surface area contributed by atoms with Crippen molar-refractivity contribution in [3.8, 4) is 5.69 Å². The van der Waals surface area contributed by atoms with Crippen molar-refractivity contribution in [3.63, 3.8) is 0 Å². The Morgan fingerprint density at radius 1 is 1.08 bits per heavy atom.